The van der Waals surface area contributed by atoms with E-state index in [2.05, 4.69) is 27.6 Å². The molecule has 0 spiro atoms. The SMILES string of the molecule is CCNC(=NCc1ccc(N2CCOCC2)c(F)c1)NCc1c(C)nn(C)c1C.I. The number of nitrogens with one attached hydrogen (secondary N) is 2. The molecule has 7 nitrogen and oxygen atoms in total. The van der Waals surface area contributed by atoms with Gasteiger partial charge in [0.05, 0.1) is 31.1 Å². The Morgan fingerprint density at radius 1 is 1.23 bits per heavy atom. The van der Waals surface area contributed by atoms with Crippen molar-refractivity contribution in [3.63, 3.8) is 0 Å². The Labute approximate surface area is 195 Å². The van der Waals surface area contributed by atoms with Gasteiger partial charge in [0, 0.05) is 44.5 Å². The number of anilines is 1. The van der Waals surface area contributed by atoms with E-state index in [4.69, 9.17) is 4.74 Å². The maximum Gasteiger partial charge on any atom is 0.191 e. The maximum atomic E-state index is 14.6. The molecule has 1 aliphatic heterocycles. The van der Waals surface area contributed by atoms with Gasteiger partial charge in [0.2, 0.25) is 0 Å². The molecule has 2 heterocycles. The molecule has 0 radical (unpaired) electrons. The fraction of sp³-hybridized carbons (Fsp3) is 0.524. The van der Waals surface area contributed by atoms with Gasteiger partial charge in [0.1, 0.15) is 5.82 Å². The van der Waals surface area contributed by atoms with Crippen LogP contribution in [0.3, 0.4) is 0 Å². The van der Waals surface area contributed by atoms with Gasteiger partial charge in [-0.05, 0) is 38.5 Å². The number of hydrogen-bond acceptors (Lipinski definition) is 4. The minimum absolute atomic E-state index is 0. The van der Waals surface area contributed by atoms with E-state index in [0.717, 1.165) is 36.6 Å². The predicted octanol–water partition coefficient (Wildman–Crippen LogP) is 2.89. The first-order valence-corrected chi connectivity index (χ1v) is 10.1. The molecular weight excluding hydrogens is 498 g/mol. The van der Waals surface area contributed by atoms with E-state index in [1.807, 2.05) is 42.6 Å². The van der Waals surface area contributed by atoms with Crippen LogP contribution in [0.15, 0.2) is 23.2 Å². The summed E-state index contributed by atoms with van der Waals surface area (Å²) in [6.07, 6.45) is 0. The molecule has 166 valence electrons. The minimum atomic E-state index is -0.209. The Balaban J connectivity index is 0.00000320. The maximum absolute atomic E-state index is 14.6. The van der Waals surface area contributed by atoms with Gasteiger partial charge in [0.25, 0.3) is 0 Å². The Bertz CT molecular complexity index is 863. The molecule has 3 rings (SSSR count). The van der Waals surface area contributed by atoms with E-state index in [1.54, 1.807) is 6.07 Å². The molecule has 0 bridgehead atoms. The number of hydrogen-bond donors (Lipinski definition) is 2. The van der Waals surface area contributed by atoms with Crippen molar-refractivity contribution in [3.8, 4) is 0 Å². The van der Waals surface area contributed by atoms with E-state index in [1.165, 1.54) is 5.56 Å². The summed E-state index contributed by atoms with van der Waals surface area (Å²) < 4.78 is 21.8. The first kappa shape index (κ1) is 24.4. The van der Waals surface area contributed by atoms with Crippen LogP contribution in [-0.4, -0.2) is 48.6 Å². The van der Waals surface area contributed by atoms with Crippen LogP contribution in [0.4, 0.5) is 10.1 Å². The topological polar surface area (TPSA) is 66.7 Å². The molecule has 0 unspecified atom stereocenters. The Kier molecular flexibility index (Phi) is 9.35. The third kappa shape index (κ3) is 6.07. The lowest BCUT2D eigenvalue weighted by atomic mass is 10.1. The Morgan fingerprint density at radius 3 is 2.57 bits per heavy atom. The van der Waals surface area contributed by atoms with Crippen LogP contribution < -0.4 is 15.5 Å². The summed E-state index contributed by atoms with van der Waals surface area (Å²) in [5.74, 6) is 0.493. The van der Waals surface area contributed by atoms with Gasteiger partial charge in [-0.25, -0.2) is 9.38 Å². The van der Waals surface area contributed by atoms with Crippen LogP contribution in [-0.2, 0) is 24.9 Å². The van der Waals surface area contributed by atoms with E-state index in [0.29, 0.717) is 38.0 Å². The summed E-state index contributed by atoms with van der Waals surface area (Å²) >= 11 is 0. The van der Waals surface area contributed by atoms with E-state index in [9.17, 15) is 4.39 Å². The highest BCUT2D eigenvalue weighted by Crippen LogP contribution is 2.22. The number of guanidine groups is 1. The molecule has 2 N–H and O–H groups in total. The van der Waals surface area contributed by atoms with E-state index >= 15 is 0 Å². The van der Waals surface area contributed by atoms with Gasteiger partial charge < -0.3 is 20.3 Å². The van der Waals surface area contributed by atoms with Crippen molar-refractivity contribution in [3.05, 3.63) is 46.5 Å². The fourth-order valence-electron chi connectivity index (χ4n) is 3.47. The number of aryl methyl sites for hydroxylation is 2. The lowest BCUT2D eigenvalue weighted by molar-refractivity contribution is 0.122. The number of aliphatic imine (C=N–C) groups is 1. The number of morpholine rings is 1. The average Bonchev–Trinajstić information content (AvgIpc) is 2.96. The number of nitrogens with zero attached hydrogens (tertiary/aromatic N) is 4. The van der Waals surface area contributed by atoms with Crippen molar-refractivity contribution < 1.29 is 9.13 Å². The molecule has 1 aromatic carbocycles. The van der Waals surface area contributed by atoms with Gasteiger partial charge >= 0.3 is 0 Å². The zero-order chi connectivity index (χ0) is 20.8. The van der Waals surface area contributed by atoms with Crippen LogP contribution in [0.5, 0.6) is 0 Å². The molecule has 0 amide bonds. The molecule has 1 aliphatic rings. The van der Waals surface area contributed by atoms with Gasteiger partial charge in [-0.3, -0.25) is 4.68 Å². The van der Waals surface area contributed by atoms with Crippen molar-refractivity contribution in [1.82, 2.24) is 20.4 Å². The fourth-order valence-corrected chi connectivity index (χ4v) is 3.47. The van der Waals surface area contributed by atoms with Crippen LogP contribution in [0.1, 0.15) is 29.4 Å². The highest BCUT2D eigenvalue weighted by atomic mass is 127. The molecule has 1 saturated heterocycles. The molecular formula is C21H32FIN6O. The third-order valence-electron chi connectivity index (χ3n) is 5.22. The zero-order valence-electron chi connectivity index (χ0n) is 18.2. The van der Waals surface area contributed by atoms with Gasteiger partial charge in [-0.2, -0.15) is 5.10 Å². The zero-order valence-corrected chi connectivity index (χ0v) is 20.5. The van der Waals surface area contributed by atoms with E-state index < -0.39 is 0 Å². The monoisotopic (exact) mass is 530 g/mol. The summed E-state index contributed by atoms with van der Waals surface area (Å²) in [7, 11) is 1.94. The van der Waals surface area contributed by atoms with Gasteiger partial charge in [0.15, 0.2) is 5.96 Å². The van der Waals surface area contributed by atoms with Crippen LogP contribution >= 0.6 is 24.0 Å². The summed E-state index contributed by atoms with van der Waals surface area (Å²) in [6, 6.07) is 5.36. The second kappa shape index (κ2) is 11.5. The highest BCUT2D eigenvalue weighted by Gasteiger charge is 2.15. The van der Waals surface area contributed by atoms with Crippen LogP contribution in [0.25, 0.3) is 0 Å². The molecule has 0 saturated carbocycles. The Morgan fingerprint density at radius 2 is 1.97 bits per heavy atom. The lowest BCUT2D eigenvalue weighted by Crippen LogP contribution is -2.37. The average molecular weight is 530 g/mol. The van der Waals surface area contributed by atoms with Crippen molar-refractivity contribution in [2.45, 2.75) is 33.9 Å². The summed E-state index contributed by atoms with van der Waals surface area (Å²) in [5, 5.41) is 11.0. The Hall–Kier alpha value is -1.88. The van der Waals surface area contributed by atoms with Gasteiger partial charge in [-0.15, -0.1) is 24.0 Å². The molecule has 2 aromatic rings. The second-order valence-corrected chi connectivity index (χ2v) is 7.21. The van der Waals surface area contributed by atoms with Crippen LogP contribution in [0, 0.1) is 19.7 Å². The molecule has 1 aromatic heterocycles. The summed E-state index contributed by atoms with van der Waals surface area (Å²) in [5.41, 5.74) is 4.78. The summed E-state index contributed by atoms with van der Waals surface area (Å²) in [6.45, 7) is 10.6. The predicted molar refractivity (Wildman–Crippen MR) is 129 cm³/mol. The molecule has 30 heavy (non-hydrogen) atoms. The summed E-state index contributed by atoms with van der Waals surface area (Å²) in [4.78, 5) is 6.64. The van der Waals surface area contributed by atoms with Crippen molar-refractivity contribution in [1.29, 1.82) is 0 Å². The molecule has 0 aliphatic carbocycles. The van der Waals surface area contributed by atoms with Crippen molar-refractivity contribution in [2.24, 2.45) is 12.0 Å². The number of halogens is 2. The number of ether oxygens (including phenoxy) is 1. The smallest absolute Gasteiger partial charge is 0.191 e. The van der Waals surface area contributed by atoms with Crippen molar-refractivity contribution in [2.75, 3.05) is 37.7 Å². The van der Waals surface area contributed by atoms with Gasteiger partial charge in [-0.1, -0.05) is 6.07 Å². The standard InChI is InChI=1S/C21H31FN6O.HI/c1-5-23-21(25-14-18-15(2)26-27(4)16(18)3)24-13-17-6-7-20(19(22)12-17)28-8-10-29-11-9-28;/h6-7,12H,5,8-11,13-14H2,1-4H3,(H2,23,24,25);1H. The lowest BCUT2D eigenvalue weighted by Gasteiger charge is -2.29. The second-order valence-electron chi connectivity index (χ2n) is 7.21. The number of benzene rings is 1. The number of rotatable bonds is 6. The van der Waals surface area contributed by atoms with Crippen molar-refractivity contribution >= 4 is 35.6 Å². The molecule has 9 heteroatoms. The van der Waals surface area contributed by atoms with Crippen LogP contribution in [0.2, 0.25) is 0 Å². The molecule has 0 atom stereocenters. The first-order valence-electron chi connectivity index (χ1n) is 10.1. The minimum Gasteiger partial charge on any atom is -0.378 e. The molecule has 1 fully saturated rings. The highest BCUT2D eigenvalue weighted by molar-refractivity contribution is 14.0. The normalized spacial score (nSPS) is 14.4. The number of aromatic nitrogens is 2. The quantitative estimate of drug-likeness (QED) is 0.342. The van der Waals surface area contributed by atoms with E-state index in [-0.39, 0.29) is 29.8 Å². The first-order chi connectivity index (χ1) is 14.0. The largest absolute Gasteiger partial charge is 0.378 e. The third-order valence-corrected chi connectivity index (χ3v) is 5.22.